The molecule has 0 amide bonds. The number of benzene rings is 18. The molecule has 0 bridgehead atoms. The van der Waals surface area contributed by atoms with Crippen molar-refractivity contribution in [2.24, 2.45) is 0 Å². The first-order chi connectivity index (χ1) is 60.9. The van der Waals surface area contributed by atoms with Gasteiger partial charge in [-0.2, -0.15) is 5.26 Å². The Morgan fingerprint density at radius 3 is 1.09 bits per heavy atom. The van der Waals surface area contributed by atoms with Crippen LogP contribution in [0.5, 0.6) is 23.0 Å². The van der Waals surface area contributed by atoms with Crippen LogP contribution < -0.4 is 9.47 Å². The van der Waals surface area contributed by atoms with Gasteiger partial charge in [0.2, 0.25) is 0 Å². The second-order valence-corrected chi connectivity index (χ2v) is 32.3. The zero-order chi connectivity index (χ0) is 81.0. The largest absolute Gasteiger partial charge is 0.456 e. The van der Waals surface area contributed by atoms with E-state index in [9.17, 15) is 5.26 Å². The van der Waals surface area contributed by atoms with E-state index < -0.39 is 10.8 Å². The van der Waals surface area contributed by atoms with E-state index in [2.05, 4.69) is 375 Å². The van der Waals surface area contributed by atoms with Gasteiger partial charge in [0.25, 0.3) is 0 Å². The van der Waals surface area contributed by atoms with E-state index in [0.29, 0.717) is 5.56 Å². The molecule has 570 valence electrons. The summed E-state index contributed by atoms with van der Waals surface area (Å²) in [5.74, 6) is 3.51. The van der Waals surface area contributed by atoms with E-state index in [-0.39, 0.29) is 0 Å². The highest BCUT2D eigenvalue weighted by Gasteiger charge is 2.53. The summed E-state index contributed by atoms with van der Waals surface area (Å²) in [7, 11) is 0. The van der Waals surface area contributed by atoms with Gasteiger partial charge >= 0.3 is 0 Å². The Labute approximate surface area is 708 Å². The average molecular weight is 1570 g/mol. The van der Waals surface area contributed by atoms with Crippen LogP contribution >= 0.6 is 0 Å². The van der Waals surface area contributed by atoms with Gasteiger partial charge in [-0.25, -0.2) is 19.9 Å². The highest BCUT2D eigenvalue weighted by atomic mass is 16.5. The van der Waals surface area contributed by atoms with Crippen molar-refractivity contribution in [3.05, 3.63) is 463 Å². The van der Waals surface area contributed by atoms with Gasteiger partial charge in [0, 0.05) is 93.3 Å². The van der Waals surface area contributed by atoms with Crippen LogP contribution in [-0.4, -0.2) is 24.5 Å². The third-order valence-electron chi connectivity index (χ3n) is 26.0. The maximum atomic E-state index is 9.60. The Hall–Kier alpha value is -16.5. The van der Waals surface area contributed by atoms with Crippen molar-refractivity contribution in [2.45, 2.75) is 10.8 Å². The highest BCUT2D eigenvalue weighted by molar-refractivity contribution is 6.17. The van der Waals surface area contributed by atoms with Gasteiger partial charge < -0.3 is 14.0 Å². The summed E-state index contributed by atoms with van der Waals surface area (Å²) >= 11 is 0. The van der Waals surface area contributed by atoms with E-state index in [4.69, 9.17) is 29.4 Å². The van der Waals surface area contributed by atoms with Crippen LogP contribution in [-0.2, 0) is 10.8 Å². The first-order valence-corrected chi connectivity index (χ1v) is 41.8. The maximum Gasteiger partial charge on any atom is 0.140 e. The van der Waals surface area contributed by atoms with E-state index in [0.717, 1.165) is 194 Å². The van der Waals surface area contributed by atoms with Crippen molar-refractivity contribution in [1.29, 1.82) is 5.26 Å². The van der Waals surface area contributed by atoms with E-state index in [1.165, 1.54) is 44.5 Å². The fraction of sp³-hybridized carbons (Fsp3) is 0.0174. The van der Waals surface area contributed by atoms with E-state index >= 15 is 0 Å². The van der Waals surface area contributed by atoms with Crippen LogP contribution in [0.25, 0.3) is 171 Å². The van der Waals surface area contributed by atoms with Crippen molar-refractivity contribution in [3.63, 3.8) is 0 Å². The SMILES string of the molecule is N#Cc1ccc2c(c1)c1ccccc1n2-c1ccc(-c2ccc(-c3nc4ccccc4c4c5c(ccc34)C3(c4ccccc4O5)c4ccccc4-c4ccccc43)cc2)cc1.c1ccc(-c2nc3ccc(-c4ccc(-c5nc6ccccc6c6c7c(ccc56)C5(c6ccccc6O7)c6ccccc6-c6ccccc65)cc4)cc3nc2-c2ccccc2)cc1. The Kier molecular flexibility index (Phi) is 15.5. The zero-order valence-corrected chi connectivity index (χ0v) is 66.3. The summed E-state index contributed by atoms with van der Waals surface area (Å²) in [6, 6.07) is 149. The molecule has 4 aromatic heterocycles. The van der Waals surface area contributed by atoms with Crippen molar-refractivity contribution < 1.29 is 9.47 Å². The predicted octanol–water partition coefficient (Wildman–Crippen LogP) is 28.6. The maximum absolute atomic E-state index is 9.60. The van der Waals surface area contributed by atoms with Crippen LogP contribution in [0, 0.1) is 11.3 Å². The molecule has 6 heterocycles. The molecule has 0 unspecified atom stereocenters. The minimum atomic E-state index is -0.549. The minimum Gasteiger partial charge on any atom is -0.456 e. The molecule has 2 aliphatic carbocycles. The normalized spacial score (nSPS) is 13.1. The fourth-order valence-electron chi connectivity index (χ4n) is 20.7. The van der Waals surface area contributed by atoms with Crippen LogP contribution in [0.4, 0.5) is 0 Å². The molecule has 0 fully saturated rings. The lowest BCUT2D eigenvalue weighted by Gasteiger charge is -2.40. The number of hydrogen-bond donors (Lipinski definition) is 0. The van der Waals surface area contributed by atoms with Gasteiger partial charge in [-0.05, 0) is 140 Å². The number of fused-ring (bicyclic) bond motifs is 30. The highest BCUT2D eigenvalue weighted by Crippen LogP contribution is 2.66. The van der Waals surface area contributed by atoms with Crippen LogP contribution in [0.1, 0.15) is 50.1 Å². The Morgan fingerprint density at radius 1 is 0.236 bits per heavy atom. The molecule has 0 saturated heterocycles. The molecule has 0 atom stereocenters. The van der Waals surface area contributed by atoms with E-state index in [1.54, 1.807) is 0 Å². The first kappa shape index (κ1) is 69.6. The molecule has 2 spiro atoms. The molecule has 0 saturated carbocycles. The molecule has 0 N–H and O–H groups in total. The smallest absolute Gasteiger partial charge is 0.140 e. The Balaban J connectivity index is 0.000000135. The second-order valence-electron chi connectivity index (χ2n) is 32.3. The molecule has 8 nitrogen and oxygen atoms in total. The monoisotopic (exact) mass is 1560 g/mol. The third-order valence-corrected chi connectivity index (χ3v) is 26.0. The molecule has 4 aliphatic rings. The van der Waals surface area contributed by atoms with Crippen LogP contribution in [0.3, 0.4) is 0 Å². The lowest BCUT2D eigenvalue weighted by molar-refractivity contribution is 0.442. The number of nitrogens with zero attached hydrogens (tertiary/aromatic N) is 6. The molecular formula is C115H68N6O2. The van der Waals surface area contributed by atoms with Crippen LogP contribution in [0.2, 0.25) is 0 Å². The number of hydrogen-bond acceptors (Lipinski definition) is 7. The molecule has 18 aromatic carbocycles. The lowest BCUT2D eigenvalue weighted by Crippen LogP contribution is -2.32. The van der Waals surface area contributed by atoms with Gasteiger partial charge in [0.15, 0.2) is 0 Å². The molecule has 26 rings (SSSR count). The molecular weight excluding hydrogens is 1500 g/mol. The lowest BCUT2D eigenvalue weighted by atomic mass is 9.65. The Bertz CT molecular complexity index is 8160. The minimum absolute atomic E-state index is 0.546. The molecule has 8 heteroatoms. The number of para-hydroxylation sites is 5. The third kappa shape index (κ3) is 10.4. The summed E-state index contributed by atoms with van der Waals surface area (Å²) in [4.78, 5) is 21.1. The summed E-state index contributed by atoms with van der Waals surface area (Å²) in [5.41, 5.74) is 33.3. The fourth-order valence-corrected chi connectivity index (χ4v) is 20.7. The summed E-state index contributed by atoms with van der Waals surface area (Å²) in [5, 5.41) is 18.2. The number of aromatic nitrogens is 5. The Morgan fingerprint density at radius 2 is 0.602 bits per heavy atom. The standard InChI is InChI=1S/C58H35N3O.C57H33N3O/c1-3-15-37(16-4-1)55-56(38-17-5-2-6-18-38)61-51-35-40(31-34-50(51)60-55)36-27-29-39(30-28-36)54-44-32-33-48-57(53(44)43-21-9-13-25-49(43)59-54)62-52-26-14-12-24-47(52)58(48)45-22-10-7-19-41(45)42-20-8-11-23-46(42)58;58-34-35-21-32-52-45(33-35)42-13-4-9-19-51(42)60(52)39-28-26-37(27-29-39)36-22-24-38(25-23-36)55-44-30-31-49-56(54(44)43-14-3-8-18-50(43)59-55)61-53-20-10-7-17-48(53)57(49)46-15-5-1-11-40(46)41-12-2-6-16-47(41)57/h1-35H;1-33H. The summed E-state index contributed by atoms with van der Waals surface area (Å²) in [6.07, 6.45) is 0. The summed E-state index contributed by atoms with van der Waals surface area (Å²) < 4.78 is 16.6. The van der Waals surface area contributed by atoms with Crippen molar-refractivity contribution in [1.82, 2.24) is 24.5 Å². The predicted molar refractivity (Wildman–Crippen MR) is 498 cm³/mol. The van der Waals surface area contributed by atoms with Crippen molar-refractivity contribution >= 4 is 76.2 Å². The van der Waals surface area contributed by atoms with Gasteiger partial charge in [0.05, 0.1) is 78.3 Å². The number of pyridine rings is 2. The topological polar surface area (TPSA) is 98.7 Å². The van der Waals surface area contributed by atoms with Gasteiger partial charge in [-0.15, -0.1) is 0 Å². The number of ether oxygens (including phenoxy) is 2. The first-order valence-electron chi connectivity index (χ1n) is 41.8. The molecule has 123 heavy (non-hydrogen) atoms. The van der Waals surface area contributed by atoms with Crippen molar-refractivity contribution in [3.8, 4) is 124 Å². The van der Waals surface area contributed by atoms with Crippen molar-refractivity contribution in [2.75, 3.05) is 0 Å². The zero-order valence-electron chi connectivity index (χ0n) is 66.3. The molecule has 22 aromatic rings. The number of rotatable bonds is 7. The average Bonchev–Trinajstić information content (AvgIpc) is 1.55. The van der Waals surface area contributed by atoms with Crippen LogP contribution in [0.15, 0.2) is 413 Å². The van der Waals surface area contributed by atoms with Gasteiger partial charge in [-0.3, -0.25) is 0 Å². The van der Waals surface area contributed by atoms with E-state index in [1.807, 2.05) is 48.5 Å². The van der Waals surface area contributed by atoms with Gasteiger partial charge in [-0.1, -0.05) is 340 Å². The molecule has 0 radical (unpaired) electrons. The molecule has 2 aliphatic heterocycles. The quantitative estimate of drug-likeness (QED) is 0.147. The summed E-state index contributed by atoms with van der Waals surface area (Å²) in [6.45, 7) is 0. The van der Waals surface area contributed by atoms with Gasteiger partial charge in [0.1, 0.15) is 23.0 Å². The second kappa shape index (κ2) is 27.3. The number of nitriles is 1.